The highest BCUT2D eigenvalue weighted by Crippen LogP contribution is 2.20. The highest BCUT2D eigenvalue weighted by Gasteiger charge is 2.12. The molecule has 0 saturated carbocycles. The van der Waals surface area contributed by atoms with E-state index in [1.54, 1.807) is 10.7 Å². The van der Waals surface area contributed by atoms with Crippen LogP contribution < -0.4 is 11.3 Å². The van der Waals surface area contributed by atoms with Crippen molar-refractivity contribution in [2.45, 2.75) is 13.3 Å². The van der Waals surface area contributed by atoms with E-state index in [1.807, 2.05) is 25.1 Å². The van der Waals surface area contributed by atoms with E-state index in [-0.39, 0.29) is 5.56 Å². The molecule has 1 heterocycles. The van der Waals surface area contributed by atoms with Crippen LogP contribution in [-0.2, 0) is 6.42 Å². The van der Waals surface area contributed by atoms with Crippen molar-refractivity contribution in [1.82, 2.24) is 9.78 Å². The fourth-order valence-corrected chi connectivity index (χ4v) is 2.09. The monoisotopic (exact) mass is 251 g/mol. The van der Waals surface area contributed by atoms with Crippen LogP contribution in [0.1, 0.15) is 11.3 Å². The molecule has 0 radical (unpaired) electrons. The smallest absolute Gasteiger partial charge is 0.267 e. The van der Waals surface area contributed by atoms with Gasteiger partial charge in [-0.05, 0) is 32.0 Å². The van der Waals surface area contributed by atoms with Crippen molar-refractivity contribution in [1.29, 1.82) is 0 Å². The number of rotatable bonds is 3. The van der Waals surface area contributed by atoms with Gasteiger partial charge in [-0.15, -0.1) is 0 Å². The average molecular weight is 252 g/mol. The predicted octanol–water partition coefficient (Wildman–Crippen LogP) is 1.63. The molecule has 0 aliphatic heterocycles. The molecule has 0 amide bonds. The number of para-hydroxylation sites is 1. The molecule has 0 aliphatic carbocycles. The lowest BCUT2D eigenvalue weighted by Gasteiger charge is -2.07. The molecule has 0 aliphatic rings. The number of benzene rings is 1. The molecule has 1 aromatic carbocycles. The molecule has 0 atom stereocenters. The highest BCUT2D eigenvalue weighted by atomic mass is 35.5. The maximum absolute atomic E-state index is 11.8. The van der Waals surface area contributed by atoms with E-state index in [1.165, 1.54) is 0 Å². The Morgan fingerprint density at radius 3 is 2.76 bits per heavy atom. The maximum Gasteiger partial charge on any atom is 0.267 e. The standard InChI is InChI=1S/C12H14ClN3O/c1-8-9(6-7-14)12(17)15-16(8)11-5-3-2-4-10(11)13/h2-5H,6-7,14H2,1H3,(H,15,17). The lowest BCUT2D eigenvalue weighted by Crippen LogP contribution is -2.12. The van der Waals surface area contributed by atoms with Crippen LogP contribution in [0, 0.1) is 6.92 Å². The lowest BCUT2D eigenvalue weighted by atomic mass is 10.2. The SMILES string of the molecule is Cc1c(CCN)c(=O)[nH]n1-c1ccccc1Cl. The molecular formula is C12H14ClN3O. The van der Waals surface area contributed by atoms with Crippen molar-refractivity contribution in [3.63, 3.8) is 0 Å². The minimum Gasteiger partial charge on any atom is -0.330 e. The minimum absolute atomic E-state index is 0.104. The molecule has 0 spiro atoms. The van der Waals surface area contributed by atoms with Crippen LogP contribution in [0.15, 0.2) is 29.1 Å². The number of halogens is 1. The summed E-state index contributed by atoms with van der Waals surface area (Å²) in [5, 5.41) is 3.37. The Hall–Kier alpha value is -1.52. The Morgan fingerprint density at radius 1 is 1.41 bits per heavy atom. The zero-order valence-electron chi connectivity index (χ0n) is 9.53. The lowest BCUT2D eigenvalue weighted by molar-refractivity contribution is 0.832. The Labute approximate surface area is 104 Å². The summed E-state index contributed by atoms with van der Waals surface area (Å²) in [6.45, 7) is 2.34. The van der Waals surface area contributed by atoms with Gasteiger partial charge < -0.3 is 5.73 Å². The van der Waals surface area contributed by atoms with E-state index in [4.69, 9.17) is 17.3 Å². The van der Waals surface area contributed by atoms with E-state index >= 15 is 0 Å². The largest absolute Gasteiger partial charge is 0.330 e. The van der Waals surface area contributed by atoms with Crippen LogP contribution >= 0.6 is 11.6 Å². The van der Waals surface area contributed by atoms with Crippen molar-refractivity contribution < 1.29 is 0 Å². The molecule has 2 rings (SSSR count). The topological polar surface area (TPSA) is 63.8 Å². The summed E-state index contributed by atoms with van der Waals surface area (Å²) >= 11 is 6.10. The number of aromatic amines is 1. The molecule has 5 heteroatoms. The molecule has 0 saturated heterocycles. The van der Waals surface area contributed by atoms with Crippen molar-refractivity contribution in [2.24, 2.45) is 5.73 Å². The molecule has 2 aromatic rings. The summed E-state index contributed by atoms with van der Waals surface area (Å²) in [5.41, 5.74) is 7.72. The van der Waals surface area contributed by atoms with Crippen LogP contribution in [-0.4, -0.2) is 16.3 Å². The van der Waals surface area contributed by atoms with Crippen molar-refractivity contribution in [3.8, 4) is 5.69 Å². The molecule has 0 unspecified atom stereocenters. The average Bonchev–Trinajstić information content (AvgIpc) is 2.58. The van der Waals surface area contributed by atoms with Crippen LogP contribution in [0.5, 0.6) is 0 Å². The summed E-state index contributed by atoms with van der Waals surface area (Å²) in [7, 11) is 0. The zero-order chi connectivity index (χ0) is 12.4. The fourth-order valence-electron chi connectivity index (χ4n) is 1.86. The summed E-state index contributed by atoms with van der Waals surface area (Å²) in [6, 6.07) is 7.37. The van der Waals surface area contributed by atoms with Gasteiger partial charge in [0.1, 0.15) is 0 Å². The first-order valence-corrected chi connectivity index (χ1v) is 5.78. The van der Waals surface area contributed by atoms with Gasteiger partial charge in [-0.1, -0.05) is 23.7 Å². The van der Waals surface area contributed by atoms with E-state index in [9.17, 15) is 4.79 Å². The van der Waals surface area contributed by atoms with Gasteiger partial charge in [-0.2, -0.15) is 0 Å². The Kier molecular flexibility index (Phi) is 3.36. The van der Waals surface area contributed by atoms with Gasteiger partial charge in [0.05, 0.1) is 10.7 Å². The number of hydrogen-bond donors (Lipinski definition) is 2. The van der Waals surface area contributed by atoms with Crippen molar-refractivity contribution >= 4 is 11.6 Å². The van der Waals surface area contributed by atoms with Gasteiger partial charge in [0, 0.05) is 11.3 Å². The maximum atomic E-state index is 11.8. The van der Waals surface area contributed by atoms with Crippen molar-refractivity contribution in [2.75, 3.05) is 6.54 Å². The highest BCUT2D eigenvalue weighted by molar-refractivity contribution is 6.32. The molecular weight excluding hydrogens is 238 g/mol. The molecule has 90 valence electrons. The van der Waals surface area contributed by atoms with E-state index in [0.29, 0.717) is 23.6 Å². The second-order valence-electron chi connectivity index (χ2n) is 3.83. The summed E-state index contributed by atoms with van der Waals surface area (Å²) in [6.07, 6.45) is 0.568. The first-order chi connectivity index (χ1) is 8.15. The number of H-pyrrole nitrogens is 1. The van der Waals surface area contributed by atoms with E-state index < -0.39 is 0 Å². The summed E-state index contributed by atoms with van der Waals surface area (Å²) in [5.74, 6) is 0. The van der Waals surface area contributed by atoms with Gasteiger partial charge in [0.2, 0.25) is 0 Å². The Balaban J connectivity index is 2.58. The minimum atomic E-state index is -0.104. The number of nitrogens with one attached hydrogen (secondary N) is 1. The summed E-state index contributed by atoms with van der Waals surface area (Å²) < 4.78 is 1.70. The van der Waals surface area contributed by atoms with Gasteiger partial charge in [0.25, 0.3) is 5.56 Å². The van der Waals surface area contributed by atoms with Gasteiger partial charge in [-0.3, -0.25) is 14.6 Å². The van der Waals surface area contributed by atoms with E-state index in [0.717, 1.165) is 11.4 Å². The van der Waals surface area contributed by atoms with Gasteiger partial charge >= 0.3 is 0 Å². The van der Waals surface area contributed by atoms with Crippen LogP contribution in [0.3, 0.4) is 0 Å². The van der Waals surface area contributed by atoms with Crippen LogP contribution in [0.25, 0.3) is 5.69 Å². The Morgan fingerprint density at radius 2 is 2.12 bits per heavy atom. The van der Waals surface area contributed by atoms with E-state index in [2.05, 4.69) is 5.10 Å². The first kappa shape index (κ1) is 12.0. The third kappa shape index (κ3) is 2.14. The second-order valence-corrected chi connectivity index (χ2v) is 4.24. The molecule has 17 heavy (non-hydrogen) atoms. The third-order valence-corrected chi connectivity index (χ3v) is 3.07. The van der Waals surface area contributed by atoms with Crippen LogP contribution in [0.2, 0.25) is 5.02 Å². The zero-order valence-corrected chi connectivity index (χ0v) is 10.3. The third-order valence-electron chi connectivity index (χ3n) is 2.75. The molecule has 3 N–H and O–H groups in total. The fraction of sp³-hybridized carbons (Fsp3) is 0.250. The van der Waals surface area contributed by atoms with Gasteiger partial charge in [-0.25, -0.2) is 0 Å². The van der Waals surface area contributed by atoms with Crippen LogP contribution in [0.4, 0.5) is 0 Å². The normalized spacial score (nSPS) is 10.8. The number of aromatic nitrogens is 2. The number of hydrogen-bond acceptors (Lipinski definition) is 2. The molecule has 4 nitrogen and oxygen atoms in total. The number of nitrogens with two attached hydrogens (primary N) is 1. The Bertz CT molecular complexity index is 586. The summed E-state index contributed by atoms with van der Waals surface area (Å²) in [4.78, 5) is 11.8. The molecule has 0 fully saturated rings. The van der Waals surface area contributed by atoms with Gasteiger partial charge in [0.15, 0.2) is 0 Å². The first-order valence-electron chi connectivity index (χ1n) is 5.40. The molecule has 1 aromatic heterocycles. The molecule has 0 bridgehead atoms. The predicted molar refractivity (Wildman–Crippen MR) is 68.9 cm³/mol. The van der Waals surface area contributed by atoms with Crippen molar-refractivity contribution in [3.05, 3.63) is 50.9 Å². The number of nitrogens with zero attached hydrogens (tertiary/aromatic N) is 1. The second kappa shape index (κ2) is 4.77. The quantitative estimate of drug-likeness (QED) is 0.871.